The molecular formula is C12H18O2S. The third kappa shape index (κ3) is 3.52. The minimum absolute atomic E-state index is 0.497. The van der Waals surface area contributed by atoms with Crippen molar-refractivity contribution < 1.29 is 10.2 Å². The van der Waals surface area contributed by atoms with E-state index in [0.29, 0.717) is 12.2 Å². The summed E-state index contributed by atoms with van der Waals surface area (Å²) in [5, 5.41) is 19.5. The second-order valence-electron chi connectivity index (χ2n) is 3.95. The Bertz CT molecular complexity index is 305. The largest absolute Gasteiger partial charge is 0.390 e. The molecule has 1 rings (SSSR count). The maximum atomic E-state index is 9.89. The minimum atomic E-state index is -0.809. The molecule has 2 unspecified atom stereocenters. The van der Waals surface area contributed by atoms with E-state index in [1.165, 1.54) is 0 Å². The number of hydrogen-bond acceptors (Lipinski definition) is 3. The lowest BCUT2D eigenvalue weighted by Gasteiger charge is -2.18. The van der Waals surface area contributed by atoms with Crippen LogP contribution in [0.25, 0.3) is 0 Å². The van der Waals surface area contributed by atoms with Crippen molar-refractivity contribution in [2.24, 2.45) is 0 Å². The van der Waals surface area contributed by atoms with Crippen LogP contribution >= 0.6 is 12.6 Å². The molecule has 0 saturated carbocycles. The van der Waals surface area contributed by atoms with E-state index in [1.807, 2.05) is 32.0 Å². The van der Waals surface area contributed by atoms with Gasteiger partial charge in [0, 0.05) is 0 Å². The Kier molecular flexibility index (Phi) is 4.64. The van der Waals surface area contributed by atoms with Crippen LogP contribution < -0.4 is 0 Å². The third-order valence-corrected chi connectivity index (χ3v) is 2.63. The highest BCUT2D eigenvalue weighted by Crippen LogP contribution is 2.21. The van der Waals surface area contributed by atoms with E-state index in [4.69, 9.17) is 0 Å². The van der Waals surface area contributed by atoms with Crippen molar-refractivity contribution in [3.05, 3.63) is 34.9 Å². The number of rotatable bonds is 4. The van der Waals surface area contributed by atoms with Crippen molar-refractivity contribution >= 4 is 12.6 Å². The van der Waals surface area contributed by atoms with Crippen LogP contribution in [0.1, 0.15) is 29.2 Å². The molecule has 3 heteroatoms. The van der Waals surface area contributed by atoms with Crippen LogP contribution in [0.4, 0.5) is 0 Å². The van der Waals surface area contributed by atoms with E-state index < -0.39 is 12.2 Å². The molecule has 1 aromatic rings. The van der Waals surface area contributed by atoms with Gasteiger partial charge in [0.15, 0.2) is 0 Å². The summed E-state index contributed by atoms with van der Waals surface area (Å²) in [6.45, 7) is 3.96. The number of aryl methyl sites for hydroxylation is 2. The van der Waals surface area contributed by atoms with E-state index in [1.54, 1.807) is 0 Å². The molecule has 2 atom stereocenters. The summed E-state index contributed by atoms with van der Waals surface area (Å²) in [7, 11) is 0. The molecule has 0 fully saturated rings. The zero-order valence-electron chi connectivity index (χ0n) is 9.14. The molecule has 0 aromatic heterocycles. The molecule has 0 aliphatic heterocycles. The maximum absolute atomic E-state index is 9.89. The Labute approximate surface area is 96.4 Å². The van der Waals surface area contributed by atoms with Gasteiger partial charge in [0.1, 0.15) is 6.10 Å². The van der Waals surface area contributed by atoms with E-state index in [0.717, 1.165) is 16.7 Å². The lowest BCUT2D eigenvalue weighted by Crippen LogP contribution is -2.18. The maximum Gasteiger partial charge on any atom is 0.105 e. The summed E-state index contributed by atoms with van der Waals surface area (Å²) in [6.07, 6.45) is -1.04. The van der Waals surface area contributed by atoms with Crippen LogP contribution in [0.5, 0.6) is 0 Å². The molecule has 0 saturated heterocycles. The second kappa shape index (κ2) is 5.54. The highest BCUT2D eigenvalue weighted by atomic mass is 32.1. The van der Waals surface area contributed by atoms with Gasteiger partial charge in [-0.3, -0.25) is 0 Å². The Hall–Kier alpha value is -0.510. The molecule has 0 aliphatic rings. The first kappa shape index (κ1) is 12.6. The van der Waals surface area contributed by atoms with Gasteiger partial charge in [0.05, 0.1) is 6.10 Å². The van der Waals surface area contributed by atoms with E-state index in [-0.39, 0.29) is 0 Å². The number of hydrogen-bond donors (Lipinski definition) is 3. The molecule has 2 N–H and O–H groups in total. The average Bonchev–Trinajstić information content (AvgIpc) is 2.15. The van der Waals surface area contributed by atoms with Crippen molar-refractivity contribution in [1.29, 1.82) is 0 Å². The monoisotopic (exact) mass is 226 g/mol. The van der Waals surface area contributed by atoms with Crippen LogP contribution in [0.15, 0.2) is 18.2 Å². The smallest absolute Gasteiger partial charge is 0.105 e. The third-order valence-electron chi connectivity index (χ3n) is 2.37. The van der Waals surface area contributed by atoms with Crippen LogP contribution in [0.3, 0.4) is 0 Å². The number of aliphatic hydroxyl groups excluding tert-OH is 2. The molecule has 0 spiro atoms. The molecule has 84 valence electrons. The standard InChI is InChI=1S/C12H18O2S/c1-8-5-9(2)7-10(6-8)12(14)11(13)3-4-15/h5-7,11-15H,3-4H2,1-2H3. The molecule has 0 heterocycles. The Balaban J connectivity index is 2.85. The minimum Gasteiger partial charge on any atom is -0.390 e. The van der Waals surface area contributed by atoms with Gasteiger partial charge in [-0.05, 0) is 31.6 Å². The molecule has 0 bridgehead atoms. The van der Waals surface area contributed by atoms with Crippen molar-refractivity contribution in [1.82, 2.24) is 0 Å². The van der Waals surface area contributed by atoms with Gasteiger partial charge in [-0.15, -0.1) is 0 Å². The van der Waals surface area contributed by atoms with Crippen molar-refractivity contribution in [2.45, 2.75) is 32.5 Å². The zero-order valence-corrected chi connectivity index (χ0v) is 10.0. The fraction of sp³-hybridized carbons (Fsp3) is 0.500. The predicted octanol–water partition coefficient (Wildman–Crippen LogP) is 2.02. The van der Waals surface area contributed by atoms with Gasteiger partial charge < -0.3 is 10.2 Å². The normalized spacial score (nSPS) is 15.0. The van der Waals surface area contributed by atoms with Crippen LogP contribution in [0.2, 0.25) is 0 Å². The van der Waals surface area contributed by atoms with Gasteiger partial charge in [-0.25, -0.2) is 0 Å². The van der Waals surface area contributed by atoms with Crippen molar-refractivity contribution in [3.63, 3.8) is 0 Å². The quantitative estimate of drug-likeness (QED) is 0.687. The van der Waals surface area contributed by atoms with Gasteiger partial charge in [-0.1, -0.05) is 29.3 Å². The summed E-state index contributed by atoms with van der Waals surface area (Å²) in [5.74, 6) is 0.572. The second-order valence-corrected chi connectivity index (χ2v) is 4.39. The molecule has 0 amide bonds. The molecule has 0 aliphatic carbocycles. The lowest BCUT2D eigenvalue weighted by atomic mass is 9.99. The Morgan fingerprint density at radius 1 is 1.13 bits per heavy atom. The first-order valence-corrected chi connectivity index (χ1v) is 5.73. The average molecular weight is 226 g/mol. The van der Waals surface area contributed by atoms with Crippen LogP contribution in [-0.2, 0) is 0 Å². The summed E-state index contributed by atoms with van der Waals surface area (Å²) >= 11 is 4.04. The summed E-state index contributed by atoms with van der Waals surface area (Å²) < 4.78 is 0. The molecule has 1 aromatic carbocycles. The molecular weight excluding hydrogens is 208 g/mol. The highest BCUT2D eigenvalue weighted by molar-refractivity contribution is 7.80. The number of thiol groups is 1. The van der Waals surface area contributed by atoms with Gasteiger partial charge in [0.25, 0.3) is 0 Å². The molecule has 2 nitrogen and oxygen atoms in total. The van der Waals surface area contributed by atoms with E-state index >= 15 is 0 Å². The van der Waals surface area contributed by atoms with Gasteiger partial charge in [-0.2, -0.15) is 12.6 Å². The fourth-order valence-electron chi connectivity index (χ4n) is 1.69. The van der Waals surface area contributed by atoms with Crippen LogP contribution in [0, 0.1) is 13.8 Å². The summed E-state index contributed by atoms with van der Waals surface area (Å²) in [4.78, 5) is 0. The van der Waals surface area contributed by atoms with E-state index in [2.05, 4.69) is 12.6 Å². The van der Waals surface area contributed by atoms with Gasteiger partial charge in [0.2, 0.25) is 0 Å². The molecule has 15 heavy (non-hydrogen) atoms. The van der Waals surface area contributed by atoms with Gasteiger partial charge >= 0.3 is 0 Å². The zero-order chi connectivity index (χ0) is 11.4. The van der Waals surface area contributed by atoms with E-state index in [9.17, 15) is 10.2 Å². The number of aliphatic hydroxyl groups is 2. The first-order chi connectivity index (χ1) is 7.04. The predicted molar refractivity (Wildman–Crippen MR) is 65.4 cm³/mol. The number of benzene rings is 1. The summed E-state index contributed by atoms with van der Waals surface area (Å²) in [5.41, 5.74) is 2.98. The topological polar surface area (TPSA) is 40.5 Å². The molecule has 0 radical (unpaired) electrons. The summed E-state index contributed by atoms with van der Waals surface area (Å²) in [6, 6.07) is 5.85. The Morgan fingerprint density at radius 2 is 1.67 bits per heavy atom. The SMILES string of the molecule is Cc1cc(C)cc(C(O)C(O)CCS)c1. The first-order valence-electron chi connectivity index (χ1n) is 5.09. The Morgan fingerprint density at radius 3 is 2.13 bits per heavy atom. The van der Waals surface area contributed by atoms with Crippen molar-refractivity contribution in [3.8, 4) is 0 Å². The van der Waals surface area contributed by atoms with Crippen LogP contribution in [-0.4, -0.2) is 22.1 Å². The van der Waals surface area contributed by atoms with Crippen molar-refractivity contribution in [2.75, 3.05) is 5.75 Å². The highest BCUT2D eigenvalue weighted by Gasteiger charge is 2.17. The fourth-order valence-corrected chi connectivity index (χ4v) is 1.96. The lowest BCUT2D eigenvalue weighted by molar-refractivity contribution is 0.0172.